The summed E-state index contributed by atoms with van der Waals surface area (Å²) >= 11 is 0. The van der Waals surface area contributed by atoms with Gasteiger partial charge in [-0.1, -0.05) is 36.4 Å². The fourth-order valence-corrected chi connectivity index (χ4v) is 5.08. The van der Waals surface area contributed by atoms with Crippen LogP contribution in [0.5, 0.6) is 0 Å². The van der Waals surface area contributed by atoms with Crippen molar-refractivity contribution >= 4 is 20.2 Å². The maximum Gasteiger partial charge on any atom is 0.297 e. The van der Waals surface area contributed by atoms with Gasteiger partial charge in [0, 0.05) is 0 Å². The molecule has 154 valence electrons. The molecular weight excluding hydrogens is 400 g/mol. The molecule has 0 fully saturated rings. The molecule has 2 aromatic carbocycles. The molecule has 0 N–H and O–H groups in total. The minimum Gasteiger partial charge on any atom is -0.260 e. The quantitative estimate of drug-likeness (QED) is 0.560. The van der Waals surface area contributed by atoms with Gasteiger partial charge in [0.2, 0.25) is 0 Å². The smallest absolute Gasteiger partial charge is 0.260 e. The third-order valence-electron chi connectivity index (χ3n) is 4.06. The molecule has 0 amide bonds. The van der Waals surface area contributed by atoms with Crippen LogP contribution in [0, 0.1) is 0 Å². The van der Waals surface area contributed by atoms with Crippen molar-refractivity contribution in [2.45, 2.75) is 61.5 Å². The van der Waals surface area contributed by atoms with Gasteiger partial charge in [-0.15, -0.1) is 0 Å². The second kappa shape index (κ2) is 8.32. The van der Waals surface area contributed by atoms with E-state index in [0.29, 0.717) is 0 Å². The third kappa shape index (κ3) is 6.41. The number of rotatable bonds is 9. The molecule has 0 saturated carbocycles. The maximum absolute atomic E-state index is 12.4. The van der Waals surface area contributed by atoms with Crippen molar-refractivity contribution in [3.8, 4) is 0 Å². The molecule has 0 bridgehead atoms. The van der Waals surface area contributed by atoms with Gasteiger partial charge >= 0.3 is 0 Å². The fraction of sp³-hybridized carbons (Fsp3) is 0.400. The van der Waals surface area contributed by atoms with Gasteiger partial charge in [-0.2, -0.15) is 16.8 Å². The normalized spacial score (nSPS) is 13.4. The van der Waals surface area contributed by atoms with Gasteiger partial charge in [-0.25, -0.2) is 0 Å². The Morgan fingerprint density at radius 1 is 0.607 bits per heavy atom. The first-order chi connectivity index (χ1) is 12.8. The Bertz CT molecular complexity index is 896. The van der Waals surface area contributed by atoms with Crippen LogP contribution >= 0.6 is 0 Å². The minimum absolute atomic E-state index is 0.0743. The van der Waals surface area contributed by atoms with Crippen LogP contribution in [0.1, 0.15) is 40.5 Å². The summed E-state index contributed by atoms with van der Waals surface area (Å²) < 4.78 is 60.5. The van der Waals surface area contributed by atoms with Gasteiger partial charge in [0.25, 0.3) is 20.2 Å². The van der Waals surface area contributed by atoms with Gasteiger partial charge in [0.15, 0.2) is 0 Å². The molecular formula is C20H26O6S2. The molecule has 0 aliphatic heterocycles. The van der Waals surface area contributed by atoms with E-state index in [2.05, 4.69) is 0 Å². The molecule has 0 aromatic heterocycles. The SMILES string of the molecule is CC(C)(CCC(C)(C)OS(=O)(=O)c1ccccc1)OS(=O)(=O)c1ccccc1. The van der Waals surface area contributed by atoms with E-state index in [1.54, 1.807) is 64.1 Å². The highest BCUT2D eigenvalue weighted by Crippen LogP contribution is 2.30. The van der Waals surface area contributed by atoms with E-state index >= 15 is 0 Å². The number of hydrogen-bond donors (Lipinski definition) is 0. The first-order valence-corrected chi connectivity index (χ1v) is 11.7. The lowest BCUT2D eigenvalue weighted by molar-refractivity contribution is 0.0524. The monoisotopic (exact) mass is 426 g/mol. The van der Waals surface area contributed by atoms with Crippen molar-refractivity contribution in [3.05, 3.63) is 60.7 Å². The lowest BCUT2D eigenvalue weighted by atomic mass is 9.94. The first-order valence-electron chi connectivity index (χ1n) is 8.84. The van der Waals surface area contributed by atoms with E-state index in [1.165, 1.54) is 24.3 Å². The van der Waals surface area contributed by atoms with Crippen molar-refractivity contribution < 1.29 is 25.2 Å². The largest absolute Gasteiger partial charge is 0.297 e. The molecule has 0 aliphatic rings. The summed E-state index contributed by atoms with van der Waals surface area (Å²) in [7, 11) is -7.85. The van der Waals surface area contributed by atoms with Crippen molar-refractivity contribution in [2.24, 2.45) is 0 Å². The maximum atomic E-state index is 12.4. The number of benzene rings is 2. The summed E-state index contributed by atoms with van der Waals surface area (Å²) in [4.78, 5) is 0.149. The molecule has 8 heteroatoms. The first kappa shape index (κ1) is 22.5. The second-order valence-corrected chi connectivity index (χ2v) is 10.8. The molecule has 2 aromatic rings. The second-order valence-electron chi connectivity index (χ2n) is 7.72. The zero-order chi connectivity index (χ0) is 21.1. The summed E-state index contributed by atoms with van der Waals surface area (Å²) in [5.41, 5.74) is -2.07. The molecule has 28 heavy (non-hydrogen) atoms. The topological polar surface area (TPSA) is 86.7 Å². The molecule has 0 saturated heterocycles. The lowest BCUT2D eigenvalue weighted by Gasteiger charge is -2.30. The predicted molar refractivity (Wildman–Crippen MR) is 107 cm³/mol. The van der Waals surface area contributed by atoms with Crippen LogP contribution in [0.25, 0.3) is 0 Å². The Labute approximate surface area is 167 Å². The molecule has 0 unspecified atom stereocenters. The highest BCUT2D eigenvalue weighted by molar-refractivity contribution is 7.87. The Kier molecular flexibility index (Phi) is 6.70. The van der Waals surface area contributed by atoms with Crippen LogP contribution in [0.2, 0.25) is 0 Å². The van der Waals surface area contributed by atoms with Gasteiger partial charge in [0.1, 0.15) is 0 Å². The standard InChI is InChI=1S/C20H26O6S2/c1-19(2,25-27(21,22)17-11-7-5-8-12-17)15-16-20(3,4)26-28(23,24)18-13-9-6-10-14-18/h5-14H,15-16H2,1-4H3. The van der Waals surface area contributed by atoms with Gasteiger partial charge in [0.05, 0.1) is 21.0 Å². The summed E-state index contributed by atoms with van der Waals surface area (Å²) in [6.45, 7) is 6.59. The van der Waals surface area contributed by atoms with Gasteiger partial charge in [-0.3, -0.25) is 8.37 Å². The van der Waals surface area contributed by atoms with E-state index in [4.69, 9.17) is 8.37 Å². The average molecular weight is 427 g/mol. The van der Waals surface area contributed by atoms with Crippen LogP contribution in [0.4, 0.5) is 0 Å². The van der Waals surface area contributed by atoms with Crippen LogP contribution in [-0.4, -0.2) is 28.0 Å². The molecule has 0 aliphatic carbocycles. The Hall–Kier alpha value is -1.74. The summed E-state index contributed by atoms with van der Waals surface area (Å²) in [5, 5.41) is 0. The summed E-state index contributed by atoms with van der Waals surface area (Å²) in [5.74, 6) is 0. The Morgan fingerprint density at radius 3 is 1.18 bits per heavy atom. The van der Waals surface area contributed by atoms with E-state index in [-0.39, 0.29) is 22.6 Å². The van der Waals surface area contributed by atoms with E-state index in [9.17, 15) is 16.8 Å². The average Bonchev–Trinajstić information content (AvgIpc) is 2.60. The summed E-state index contributed by atoms with van der Waals surface area (Å²) in [6.07, 6.45) is 0.548. The van der Waals surface area contributed by atoms with Crippen molar-refractivity contribution in [3.63, 3.8) is 0 Å². The van der Waals surface area contributed by atoms with Crippen LogP contribution < -0.4 is 0 Å². The lowest BCUT2D eigenvalue weighted by Crippen LogP contribution is -2.34. The zero-order valence-corrected chi connectivity index (χ0v) is 18.1. The molecule has 2 rings (SSSR count). The third-order valence-corrected chi connectivity index (χ3v) is 7.10. The van der Waals surface area contributed by atoms with E-state index in [1.807, 2.05) is 0 Å². The van der Waals surface area contributed by atoms with Crippen LogP contribution in [0.3, 0.4) is 0 Å². The van der Waals surface area contributed by atoms with Crippen molar-refractivity contribution in [1.29, 1.82) is 0 Å². The van der Waals surface area contributed by atoms with Crippen molar-refractivity contribution in [2.75, 3.05) is 0 Å². The molecule has 0 radical (unpaired) electrons. The molecule has 0 atom stereocenters. The Balaban J connectivity index is 2.04. The minimum atomic E-state index is -3.92. The highest BCUT2D eigenvalue weighted by atomic mass is 32.2. The zero-order valence-electron chi connectivity index (χ0n) is 16.5. The van der Waals surface area contributed by atoms with Gasteiger partial charge in [-0.05, 0) is 64.8 Å². The number of hydrogen-bond acceptors (Lipinski definition) is 6. The molecule has 6 nitrogen and oxygen atoms in total. The van der Waals surface area contributed by atoms with Crippen molar-refractivity contribution in [1.82, 2.24) is 0 Å². The molecule has 0 spiro atoms. The van der Waals surface area contributed by atoms with E-state index in [0.717, 1.165) is 0 Å². The van der Waals surface area contributed by atoms with Crippen LogP contribution in [0.15, 0.2) is 70.5 Å². The fourth-order valence-electron chi connectivity index (χ4n) is 2.55. The molecule has 0 heterocycles. The Morgan fingerprint density at radius 2 is 0.893 bits per heavy atom. The highest BCUT2D eigenvalue weighted by Gasteiger charge is 2.33. The summed E-state index contributed by atoms with van der Waals surface area (Å²) in [6, 6.07) is 15.8. The van der Waals surface area contributed by atoms with Gasteiger partial charge < -0.3 is 0 Å². The predicted octanol–water partition coefficient (Wildman–Crippen LogP) is 4.13. The van der Waals surface area contributed by atoms with Crippen LogP contribution in [-0.2, 0) is 28.6 Å². The van der Waals surface area contributed by atoms with E-state index < -0.39 is 31.4 Å².